The lowest BCUT2D eigenvalue weighted by Crippen LogP contribution is -2.27. The molecule has 1 aromatic carbocycles. The van der Waals surface area contributed by atoms with Gasteiger partial charge in [-0.1, -0.05) is 19.1 Å². The normalized spacial score (nSPS) is 12.1. The quantitative estimate of drug-likeness (QED) is 0.749. The Labute approximate surface area is 146 Å². The SMILES string of the molecule is CC[C@H](C(=O)Nc1ccc(Cn2cncn2)cc1)n1nc(C)cc1C. The number of anilines is 1. The summed E-state index contributed by atoms with van der Waals surface area (Å²) in [6.45, 7) is 6.54. The van der Waals surface area contributed by atoms with Gasteiger partial charge in [-0.2, -0.15) is 10.2 Å². The van der Waals surface area contributed by atoms with E-state index < -0.39 is 0 Å². The third kappa shape index (κ3) is 3.93. The molecule has 3 aromatic rings. The van der Waals surface area contributed by atoms with E-state index in [0.29, 0.717) is 13.0 Å². The number of carbonyl (C=O) groups excluding carboxylic acids is 1. The van der Waals surface area contributed by atoms with Crippen molar-refractivity contribution in [2.45, 2.75) is 39.8 Å². The van der Waals surface area contributed by atoms with Crippen LogP contribution in [0.25, 0.3) is 0 Å². The maximum Gasteiger partial charge on any atom is 0.249 e. The zero-order chi connectivity index (χ0) is 17.8. The van der Waals surface area contributed by atoms with E-state index >= 15 is 0 Å². The van der Waals surface area contributed by atoms with Crippen LogP contribution in [0.4, 0.5) is 5.69 Å². The van der Waals surface area contributed by atoms with Crippen LogP contribution in [0.5, 0.6) is 0 Å². The van der Waals surface area contributed by atoms with Crippen LogP contribution >= 0.6 is 0 Å². The molecule has 0 aliphatic rings. The molecule has 25 heavy (non-hydrogen) atoms. The van der Waals surface area contributed by atoms with Gasteiger partial charge in [-0.05, 0) is 44.0 Å². The fraction of sp³-hybridized carbons (Fsp3) is 0.333. The van der Waals surface area contributed by atoms with Gasteiger partial charge in [0.2, 0.25) is 5.91 Å². The van der Waals surface area contributed by atoms with Crippen LogP contribution in [0.3, 0.4) is 0 Å². The maximum atomic E-state index is 12.7. The first-order valence-corrected chi connectivity index (χ1v) is 8.31. The number of aryl methyl sites for hydroxylation is 2. The number of hydrogen-bond acceptors (Lipinski definition) is 4. The lowest BCUT2D eigenvalue weighted by Gasteiger charge is -2.17. The van der Waals surface area contributed by atoms with Crippen LogP contribution in [-0.4, -0.2) is 30.5 Å². The van der Waals surface area contributed by atoms with E-state index in [9.17, 15) is 4.79 Å². The molecule has 0 aliphatic carbocycles. The average Bonchev–Trinajstić information content (AvgIpc) is 3.20. The molecule has 2 aromatic heterocycles. The molecule has 0 spiro atoms. The van der Waals surface area contributed by atoms with Gasteiger partial charge in [-0.3, -0.25) is 9.48 Å². The molecule has 0 saturated carbocycles. The van der Waals surface area contributed by atoms with Crippen molar-refractivity contribution in [2.24, 2.45) is 0 Å². The molecular weight excluding hydrogens is 316 g/mol. The van der Waals surface area contributed by atoms with E-state index in [2.05, 4.69) is 20.5 Å². The Hall–Kier alpha value is -2.96. The predicted octanol–water partition coefficient (Wildman–Crippen LogP) is 2.73. The molecule has 0 aliphatic heterocycles. The summed E-state index contributed by atoms with van der Waals surface area (Å²) < 4.78 is 3.55. The molecule has 1 amide bonds. The van der Waals surface area contributed by atoms with Crippen molar-refractivity contribution >= 4 is 11.6 Å². The van der Waals surface area contributed by atoms with E-state index in [1.807, 2.05) is 51.1 Å². The van der Waals surface area contributed by atoms with Crippen LogP contribution in [-0.2, 0) is 11.3 Å². The van der Waals surface area contributed by atoms with E-state index in [-0.39, 0.29) is 11.9 Å². The summed E-state index contributed by atoms with van der Waals surface area (Å²) >= 11 is 0. The number of rotatable bonds is 6. The van der Waals surface area contributed by atoms with Crippen molar-refractivity contribution in [1.29, 1.82) is 0 Å². The predicted molar refractivity (Wildman–Crippen MR) is 95.2 cm³/mol. The fourth-order valence-electron chi connectivity index (χ4n) is 2.85. The lowest BCUT2D eigenvalue weighted by atomic mass is 10.1. The van der Waals surface area contributed by atoms with E-state index in [1.54, 1.807) is 15.7 Å². The molecule has 3 rings (SSSR count). The van der Waals surface area contributed by atoms with Gasteiger partial charge in [-0.25, -0.2) is 9.67 Å². The molecule has 0 unspecified atom stereocenters. The van der Waals surface area contributed by atoms with Gasteiger partial charge in [0.1, 0.15) is 18.7 Å². The monoisotopic (exact) mass is 338 g/mol. The Morgan fingerprint density at radius 3 is 2.56 bits per heavy atom. The zero-order valence-corrected chi connectivity index (χ0v) is 14.7. The summed E-state index contributed by atoms with van der Waals surface area (Å²) in [5.74, 6) is -0.0577. The van der Waals surface area contributed by atoms with Gasteiger partial charge in [0, 0.05) is 11.4 Å². The highest BCUT2D eigenvalue weighted by Gasteiger charge is 2.21. The number of aromatic nitrogens is 5. The number of nitrogens with one attached hydrogen (secondary N) is 1. The summed E-state index contributed by atoms with van der Waals surface area (Å²) in [6, 6.07) is 9.41. The largest absolute Gasteiger partial charge is 0.324 e. The first-order valence-electron chi connectivity index (χ1n) is 8.31. The smallest absolute Gasteiger partial charge is 0.249 e. The molecule has 7 nitrogen and oxygen atoms in total. The average molecular weight is 338 g/mol. The Kier molecular flexibility index (Phi) is 4.92. The van der Waals surface area contributed by atoms with Crippen molar-refractivity contribution in [1.82, 2.24) is 24.5 Å². The summed E-state index contributed by atoms with van der Waals surface area (Å²) in [4.78, 5) is 16.6. The standard InChI is InChI=1S/C18H22N6O/c1-4-17(24-14(3)9-13(2)22-24)18(25)21-16-7-5-15(6-8-16)10-23-12-19-11-20-23/h5-9,11-12,17H,4,10H2,1-3H3,(H,21,25)/t17-/m1/s1. The summed E-state index contributed by atoms with van der Waals surface area (Å²) in [5, 5.41) is 11.5. The Bertz CT molecular complexity index is 835. The van der Waals surface area contributed by atoms with Crippen LogP contribution in [0.2, 0.25) is 0 Å². The minimum Gasteiger partial charge on any atom is -0.324 e. The first-order chi connectivity index (χ1) is 12.1. The van der Waals surface area contributed by atoms with Gasteiger partial charge < -0.3 is 5.32 Å². The number of carbonyl (C=O) groups is 1. The number of hydrogen-bond donors (Lipinski definition) is 1. The zero-order valence-electron chi connectivity index (χ0n) is 14.7. The fourth-order valence-corrected chi connectivity index (χ4v) is 2.85. The van der Waals surface area contributed by atoms with E-state index in [4.69, 9.17) is 0 Å². The van der Waals surface area contributed by atoms with E-state index in [1.165, 1.54) is 6.33 Å². The summed E-state index contributed by atoms with van der Waals surface area (Å²) in [6.07, 6.45) is 3.87. The van der Waals surface area contributed by atoms with Gasteiger partial charge >= 0.3 is 0 Å². The molecule has 0 radical (unpaired) electrons. The van der Waals surface area contributed by atoms with Gasteiger partial charge in [0.05, 0.1) is 12.2 Å². The van der Waals surface area contributed by atoms with Crippen molar-refractivity contribution in [3.05, 3.63) is 59.9 Å². The lowest BCUT2D eigenvalue weighted by molar-refractivity contribution is -0.119. The molecule has 0 saturated heterocycles. The van der Waals surface area contributed by atoms with Crippen molar-refractivity contribution in [3.63, 3.8) is 0 Å². The second-order valence-corrected chi connectivity index (χ2v) is 6.07. The molecule has 7 heteroatoms. The molecule has 2 heterocycles. The first kappa shape index (κ1) is 16.9. The van der Waals surface area contributed by atoms with Crippen molar-refractivity contribution < 1.29 is 4.79 Å². The van der Waals surface area contributed by atoms with Gasteiger partial charge in [0.25, 0.3) is 0 Å². The Balaban J connectivity index is 1.68. The molecule has 130 valence electrons. The maximum absolute atomic E-state index is 12.7. The summed E-state index contributed by atoms with van der Waals surface area (Å²) in [5.41, 5.74) is 3.77. The van der Waals surface area contributed by atoms with Crippen LogP contribution in [0.15, 0.2) is 43.0 Å². The van der Waals surface area contributed by atoms with Crippen LogP contribution < -0.4 is 5.32 Å². The Morgan fingerprint density at radius 2 is 2.00 bits per heavy atom. The minimum atomic E-state index is -0.316. The van der Waals surface area contributed by atoms with Crippen molar-refractivity contribution in [3.8, 4) is 0 Å². The molecule has 0 fully saturated rings. The topological polar surface area (TPSA) is 77.6 Å². The number of benzene rings is 1. The van der Waals surface area contributed by atoms with Crippen molar-refractivity contribution in [2.75, 3.05) is 5.32 Å². The highest BCUT2D eigenvalue weighted by Crippen LogP contribution is 2.18. The highest BCUT2D eigenvalue weighted by molar-refractivity contribution is 5.93. The third-order valence-electron chi connectivity index (χ3n) is 4.06. The molecule has 1 N–H and O–H groups in total. The molecule has 0 bridgehead atoms. The number of nitrogens with zero attached hydrogens (tertiary/aromatic N) is 5. The van der Waals surface area contributed by atoms with Crippen LogP contribution in [0.1, 0.15) is 36.3 Å². The second-order valence-electron chi connectivity index (χ2n) is 6.07. The third-order valence-corrected chi connectivity index (χ3v) is 4.06. The number of amides is 1. The van der Waals surface area contributed by atoms with Crippen LogP contribution in [0, 0.1) is 13.8 Å². The molecular formula is C18H22N6O. The second kappa shape index (κ2) is 7.29. The van der Waals surface area contributed by atoms with E-state index in [0.717, 1.165) is 22.6 Å². The Morgan fingerprint density at radius 1 is 1.24 bits per heavy atom. The minimum absolute atomic E-state index is 0.0577. The van der Waals surface area contributed by atoms with Gasteiger partial charge in [-0.15, -0.1) is 0 Å². The molecule has 1 atom stereocenters. The highest BCUT2D eigenvalue weighted by atomic mass is 16.2. The van der Waals surface area contributed by atoms with Gasteiger partial charge in [0.15, 0.2) is 0 Å². The summed E-state index contributed by atoms with van der Waals surface area (Å²) in [7, 11) is 0.